The topological polar surface area (TPSA) is 63.1 Å². The summed E-state index contributed by atoms with van der Waals surface area (Å²) < 4.78 is 15.6. The zero-order chi connectivity index (χ0) is 22.5. The summed E-state index contributed by atoms with van der Waals surface area (Å²) >= 11 is 1.35. The molecule has 8 heteroatoms. The van der Waals surface area contributed by atoms with Crippen LogP contribution in [0.15, 0.2) is 47.6 Å². The number of likely N-dealkylation sites (N-methyl/N-ethyl adjacent to an activating group) is 1. The number of carbonyl (C=O) groups is 1. The van der Waals surface area contributed by atoms with Crippen molar-refractivity contribution < 1.29 is 9.18 Å². The molecular weight excluding hydrogens is 413 g/mol. The Hall–Kier alpha value is -2.71. The van der Waals surface area contributed by atoms with E-state index >= 15 is 0 Å². The summed E-state index contributed by atoms with van der Waals surface area (Å²) in [6, 6.07) is 12.6. The Labute approximate surface area is 186 Å². The second-order valence-corrected chi connectivity index (χ2v) is 8.72. The molecule has 1 aromatic heterocycles. The second kappa shape index (κ2) is 10.1. The monoisotopic (exact) mass is 441 g/mol. The highest BCUT2D eigenvalue weighted by molar-refractivity contribution is 7.99. The van der Waals surface area contributed by atoms with E-state index in [-0.39, 0.29) is 23.5 Å². The molecule has 0 aliphatic carbocycles. The van der Waals surface area contributed by atoms with Crippen LogP contribution in [0.1, 0.15) is 28.6 Å². The fourth-order valence-electron chi connectivity index (χ4n) is 3.38. The third kappa shape index (κ3) is 5.71. The van der Waals surface area contributed by atoms with Gasteiger partial charge in [-0.3, -0.25) is 9.36 Å². The quantitative estimate of drug-likeness (QED) is 0.538. The van der Waals surface area contributed by atoms with Gasteiger partial charge in [0, 0.05) is 6.54 Å². The Kier molecular flexibility index (Phi) is 7.46. The number of hydrogen-bond acceptors (Lipinski definition) is 5. The minimum Gasteiger partial charge on any atom is -0.353 e. The molecule has 1 atom stereocenters. The molecule has 0 bridgehead atoms. The lowest BCUT2D eigenvalue weighted by atomic mass is 10.1. The smallest absolute Gasteiger partial charge is 0.230 e. The first-order valence-corrected chi connectivity index (χ1v) is 11.1. The van der Waals surface area contributed by atoms with Crippen molar-refractivity contribution in [3.8, 4) is 5.69 Å². The van der Waals surface area contributed by atoms with E-state index in [4.69, 9.17) is 0 Å². The Balaban J connectivity index is 1.66. The van der Waals surface area contributed by atoms with E-state index in [1.807, 2.05) is 50.4 Å². The van der Waals surface area contributed by atoms with E-state index in [1.165, 1.54) is 23.9 Å². The average molecular weight is 442 g/mol. The van der Waals surface area contributed by atoms with Gasteiger partial charge in [-0.2, -0.15) is 0 Å². The number of benzene rings is 2. The molecule has 1 unspecified atom stereocenters. The molecular formula is C23H28FN5OS. The van der Waals surface area contributed by atoms with Crippen LogP contribution in [-0.4, -0.2) is 52.0 Å². The average Bonchev–Trinajstić information content (AvgIpc) is 3.08. The van der Waals surface area contributed by atoms with Crippen molar-refractivity contribution in [2.45, 2.75) is 32.0 Å². The Morgan fingerprint density at radius 1 is 1.16 bits per heavy atom. The van der Waals surface area contributed by atoms with E-state index in [0.717, 1.165) is 28.2 Å². The summed E-state index contributed by atoms with van der Waals surface area (Å²) in [5.74, 6) is 0.593. The molecule has 1 N–H and O–H groups in total. The lowest BCUT2D eigenvalue weighted by Gasteiger charge is -2.25. The molecule has 164 valence electrons. The number of halogens is 1. The van der Waals surface area contributed by atoms with Gasteiger partial charge in [-0.25, -0.2) is 4.39 Å². The highest BCUT2D eigenvalue weighted by Gasteiger charge is 2.18. The number of rotatable bonds is 8. The maximum Gasteiger partial charge on any atom is 0.230 e. The lowest BCUT2D eigenvalue weighted by molar-refractivity contribution is -0.118. The van der Waals surface area contributed by atoms with Gasteiger partial charge in [0.25, 0.3) is 0 Å². The highest BCUT2D eigenvalue weighted by atomic mass is 32.2. The fraction of sp³-hybridized carbons (Fsp3) is 0.348. The number of nitrogens with zero attached hydrogens (tertiary/aromatic N) is 4. The van der Waals surface area contributed by atoms with Crippen LogP contribution in [0.2, 0.25) is 0 Å². The first kappa shape index (κ1) is 23.0. The van der Waals surface area contributed by atoms with Crippen molar-refractivity contribution in [1.29, 1.82) is 0 Å². The first-order chi connectivity index (χ1) is 14.8. The molecule has 3 aromatic rings. The van der Waals surface area contributed by atoms with Gasteiger partial charge in [0.05, 0.1) is 17.5 Å². The van der Waals surface area contributed by atoms with Crippen LogP contribution < -0.4 is 5.32 Å². The summed E-state index contributed by atoms with van der Waals surface area (Å²) in [6.45, 7) is 6.38. The van der Waals surface area contributed by atoms with E-state index in [0.29, 0.717) is 11.7 Å². The van der Waals surface area contributed by atoms with Gasteiger partial charge in [-0.1, -0.05) is 36.0 Å². The number of aryl methyl sites for hydroxylation is 3. The van der Waals surface area contributed by atoms with Crippen molar-refractivity contribution >= 4 is 17.7 Å². The molecule has 3 rings (SSSR count). The van der Waals surface area contributed by atoms with Gasteiger partial charge >= 0.3 is 0 Å². The Morgan fingerprint density at radius 2 is 1.94 bits per heavy atom. The predicted molar refractivity (Wildman–Crippen MR) is 122 cm³/mol. The molecule has 0 saturated carbocycles. The zero-order valence-electron chi connectivity index (χ0n) is 18.5. The van der Waals surface area contributed by atoms with Gasteiger partial charge < -0.3 is 10.2 Å². The molecule has 0 aliphatic rings. The molecule has 0 fully saturated rings. The van der Waals surface area contributed by atoms with Gasteiger partial charge in [-0.15, -0.1) is 10.2 Å². The van der Waals surface area contributed by atoms with Gasteiger partial charge in [0.2, 0.25) is 5.91 Å². The molecule has 1 heterocycles. The van der Waals surface area contributed by atoms with E-state index in [9.17, 15) is 9.18 Å². The molecule has 2 aromatic carbocycles. The normalized spacial score (nSPS) is 12.2. The molecule has 6 nitrogen and oxygen atoms in total. The number of aromatic nitrogens is 3. The summed E-state index contributed by atoms with van der Waals surface area (Å²) in [7, 11) is 3.82. The van der Waals surface area contributed by atoms with Crippen LogP contribution >= 0.6 is 11.8 Å². The number of nitrogens with one attached hydrogen (secondary N) is 1. The molecule has 0 radical (unpaired) electrons. The van der Waals surface area contributed by atoms with Crippen molar-refractivity contribution in [3.05, 3.63) is 70.8 Å². The summed E-state index contributed by atoms with van der Waals surface area (Å²) in [6.07, 6.45) is 0. The third-order valence-corrected chi connectivity index (χ3v) is 6.01. The third-order valence-electron chi connectivity index (χ3n) is 5.08. The largest absolute Gasteiger partial charge is 0.353 e. The van der Waals surface area contributed by atoms with E-state index in [1.54, 1.807) is 6.07 Å². The van der Waals surface area contributed by atoms with Gasteiger partial charge in [-0.05, 0) is 69.8 Å². The van der Waals surface area contributed by atoms with Crippen molar-refractivity contribution in [1.82, 2.24) is 25.0 Å². The highest BCUT2D eigenvalue weighted by Crippen LogP contribution is 2.25. The molecule has 31 heavy (non-hydrogen) atoms. The Morgan fingerprint density at radius 3 is 2.65 bits per heavy atom. The lowest BCUT2D eigenvalue weighted by Crippen LogP contribution is -2.35. The molecule has 0 spiro atoms. The fourth-order valence-corrected chi connectivity index (χ4v) is 4.20. The maximum atomic E-state index is 13.6. The van der Waals surface area contributed by atoms with Gasteiger partial charge in [0.1, 0.15) is 11.6 Å². The molecule has 1 amide bonds. The van der Waals surface area contributed by atoms with Crippen molar-refractivity contribution in [3.63, 3.8) is 0 Å². The SMILES string of the molecule is Cc1ccc(C)c(-n2c(C)nnc2SCC(=O)NCC(c2cccc(F)c2)N(C)C)c1. The predicted octanol–water partition coefficient (Wildman–Crippen LogP) is 3.84. The van der Waals surface area contributed by atoms with E-state index < -0.39 is 0 Å². The number of hydrogen-bond donors (Lipinski definition) is 1. The van der Waals surface area contributed by atoms with Crippen LogP contribution in [0, 0.1) is 26.6 Å². The van der Waals surface area contributed by atoms with Crippen molar-refractivity contribution in [2.24, 2.45) is 0 Å². The molecule has 0 saturated heterocycles. The number of thioether (sulfide) groups is 1. The minimum atomic E-state index is -0.285. The summed E-state index contributed by atoms with van der Waals surface area (Å²) in [5.41, 5.74) is 4.10. The maximum absolute atomic E-state index is 13.6. The van der Waals surface area contributed by atoms with Crippen LogP contribution in [0.4, 0.5) is 4.39 Å². The van der Waals surface area contributed by atoms with Crippen molar-refractivity contribution in [2.75, 3.05) is 26.4 Å². The first-order valence-electron chi connectivity index (χ1n) is 10.1. The number of carbonyl (C=O) groups excluding carboxylic acids is 1. The van der Waals surface area contributed by atoms with Gasteiger partial charge in [0.15, 0.2) is 5.16 Å². The van der Waals surface area contributed by atoms with Crippen LogP contribution in [-0.2, 0) is 4.79 Å². The number of amides is 1. The van der Waals surface area contributed by atoms with E-state index in [2.05, 4.69) is 33.7 Å². The standard InChI is InChI=1S/C23H28FN5OS/c1-15-9-10-16(2)20(11-15)29-17(3)26-27-23(29)31-14-22(30)25-13-21(28(4)5)18-7-6-8-19(24)12-18/h6-12,21H,13-14H2,1-5H3,(H,25,30). The summed E-state index contributed by atoms with van der Waals surface area (Å²) in [4.78, 5) is 14.5. The van der Waals surface area contributed by atoms with Crippen LogP contribution in [0.3, 0.4) is 0 Å². The molecule has 0 aliphatic heterocycles. The Bertz CT molecular complexity index is 1070. The van der Waals surface area contributed by atoms with Crippen LogP contribution in [0.25, 0.3) is 5.69 Å². The zero-order valence-corrected chi connectivity index (χ0v) is 19.3. The minimum absolute atomic E-state index is 0.110. The second-order valence-electron chi connectivity index (χ2n) is 7.78. The van der Waals surface area contributed by atoms with Crippen LogP contribution in [0.5, 0.6) is 0 Å². The summed E-state index contributed by atoms with van der Waals surface area (Å²) in [5, 5.41) is 12.1.